The average Bonchev–Trinajstić information content (AvgIpc) is 3.52. The number of rotatable bonds is 16. The summed E-state index contributed by atoms with van der Waals surface area (Å²) in [5.41, 5.74) is 1.03. The van der Waals surface area contributed by atoms with Crippen LogP contribution in [0.3, 0.4) is 0 Å². The van der Waals surface area contributed by atoms with Gasteiger partial charge in [0.1, 0.15) is 0 Å². The second kappa shape index (κ2) is 13.8. The third-order valence-corrected chi connectivity index (χ3v) is 5.88. The maximum absolute atomic E-state index is 14.0. The van der Waals surface area contributed by atoms with Crippen molar-refractivity contribution in [3.8, 4) is 5.75 Å². The number of nitrogens with one attached hydrogen (secondary N) is 2. The molecule has 0 bridgehead atoms. The smallest absolute Gasteiger partial charge is 0.319 e. The van der Waals surface area contributed by atoms with Gasteiger partial charge in [-0.25, -0.2) is 4.39 Å². The Balaban J connectivity index is 1.54. The Morgan fingerprint density at radius 2 is 2.14 bits per heavy atom. The summed E-state index contributed by atoms with van der Waals surface area (Å²) in [6, 6.07) is 5.25. The molecule has 164 valence electrons. The van der Waals surface area contributed by atoms with Crippen molar-refractivity contribution < 1.29 is 18.7 Å². The zero-order valence-corrected chi connectivity index (χ0v) is 18.5. The normalized spacial score (nSPS) is 14.6. The summed E-state index contributed by atoms with van der Waals surface area (Å²) in [5, 5.41) is 3.09. The van der Waals surface area contributed by atoms with Crippen LogP contribution < -0.4 is 14.8 Å². The molecule has 1 aliphatic carbocycles. The second-order valence-corrected chi connectivity index (χ2v) is 8.43. The highest BCUT2D eigenvalue weighted by molar-refractivity contribution is 7.97. The van der Waals surface area contributed by atoms with Crippen molar-refractivity contribution in [3.63, 3.8) is 0 Å². The van der Waals surface area contributed by atoms with Crippen molar-refractivity contribution in [2.75, 3.05) is 32.1 Å². The number of esters is 1. The Labute approximate surface area is 178 Å². The van der Waals surface area contributed by atoms with Crippen molar-refractivity contribution in [1.82, 2.24) is 10.0 Å². The SMILES string of the molecule is CCOC(=O)CNCCCCCSN[C@@H](C)c1ccc(F)c(OCCC2CC2)c1. The number of ether oxygens (including phenoxy) is 2. The molecule has 1 fully saturated rings. The third-order valence-electron chi connectivity index (χ3n) is 4.87. The molecule has 2 N–H and O–H groups in total. The van der Waals surface area contributed by atoms with E-state index in [0.717, 1.165) is 49.5 Å². The van der Waals surface area contributed by atoms with Gasteiger partial charge >= 0.3 is 5.97 Å². The molecule has 7 heteroatoms. The molecule has 1 saturated carbocycles. The molecule has 0 saturated heterocycles. The molecule has 1 aliphatic rings. The predicted octanol–water partition coefficient (Wildman–Crippen LogP) is 4.63. The van der Waals surface area contributed by atoms with Crippen LogP contribution in [-0.4, -0.2) is 38.0 Å². The minimum absolute atomic E-state index is 0.123. The van der Waals surface area contributed by atoms with E-state index < -0.39 is 0 Å². The molecule has 5 nitrogen and oxygen atoms in total. The Hall–Kier alpha value is -1.31. The van der Waals surface area contributed by atoms with Crippen LogP contribution in [0.4, 0.5) is 4.39 Å². The van der Waals surface area contributed by atoms with Crippen molar-refractivity contribution in [2.24, 2.45) is 5.92 Å². The Morgan fingerprint density at radius 3 is 2.90 bits per heavy atom. The fourth-order valence-corrected chi connectivity index (χ4v) is 3.75. The monoisotopic (exact) mass is 426 g/mol. The molecule has 0 unspecified atom stereocenters. The van der Waals surface area contributed by atoms with Crippen molar-refractivity contribution in [3.05, 3.63) is 29.6 Å². The molecule has 0 heterocycles. The Bertz CT molecular complexity index is 614. The summed E-state index contributed by atoms with van der Waals surface area (Å²) in [6.45, 7) is 6.01. The van der Waals surface area contributed by atoms with Gasteiger partial charge < -0.3 is 14.8 Å². The fourth-order valence-electron chi connectivity index (χ4n) is 2.90. The maximum Gasteiger partial charge on any atom is 0.319 e. The molecule has 29 heavy (non-hydrogen) atoms. The van der Waals surface area contributed by atoms with Crippen molar-refractivity contribution in [1.29, 1.82) is 0 Å². The molecular formula is C22H35FN2O3S. The van der Waals surface area contributed by atoms with Gasteiger partial charge in [0.15, 0.2) is 11.6 Å². The highest BCUT2D eigenvalue weighted by atomic mass is 32.2. The summed E-state index contributed by atoms with van der Waals surface area (Å²) >= 11 is 1.69. The lowest BCUT2D eigenvalue weighted by molar-refractivity contribution is -0.141. The molecule has 0 spiro atoms. The average molecular weight is 427 g/mol. The molecule has 0 aliphatic heterocycles. The van der Waals surface area contributed by atoms with Crippen LogP contribution in [-0.2, 0) is 9.53 Å². The lowest BCUT2D eigenvalue weighted by atomic mass is 10.1. The molecule has 0 radical (unpaired) electrons. The maximum atomic E-state index is 14.0. The van der Waals surface area contributed by atoms with Crippen LogP contribution in [0.25, 0.3) is 0 Å². The first-order valence-electron chi connectivity index (χ1n) is 10.8. The number of carbonyl (C=O) groups excluding carboxylic acids is 1. The van der Waals surface area contributed by atoms with Crippen LogP contribution >= 0.6 is 11.9 Å². The van der Waals surface area contributed by atoms with E-state index in [4.69, 9.17) is 9.47 Å². The van der Waals surface area contributed by atoms with E-state index in [2.05, 4.69) is 17.0 Å². The first-order valence-corrected chi connectivity index (χ1v) is 11.7. The summed E-state index contributed by atoms with van der Waals surface area (Å²) in [5.74, 6) is 1.66. The standard InChI is InChI=1S/C22H35FN2O3S/c1-3-27-22(26)16-24-12-5-4-6-14-29-25-17(2)19-9-10-20(23)21(15-19)28-13-11-18-7-8-18/h9-10,15,17-18,24-25H,3-8,11-14,16H2,1-2H3/t17-/m0/s1. The Kier molecular flexibility index (Phi) is 11.4. The lowest BCUT2D eigenvalue weighted by Crippen LogP contribution is -2.25. The summed E-state index contributed by atoms with van der Waals surface area (Å²) in [7, 11) is 0. The highest BCUT2D eigenvalue weighted by Gasteiger charge is 2.21. The number of benzene rings is 1. The van der Waals surface area contributed by atoms with E-state index in [1.807, 2.05) is 19.1 Å². The number of hydrogen-bond acceptors (Lipinski definition) is 6. The predicted molar refractivity (Wildman–Crippen MR) is 117 cm³/mol. The first-order chi connectivity index (χ1) is 14.1. The topological polar surface area (TPSA) is 59.6 Å². The summed E-state index contributed by atoms with van der Waals surface area (Å²) in [4.78, 5) is 11.2. The van der Waals surface area contributed by atoms with E-state index in [0.29, 0.717) is 19.0 Å². The van der Waals surface area contributed by atoms with E-state index >= 15 is 0 Å². The van der Waals surface area contributed by atoms with E-state index in [1.54, 1.807) is 11.9 Å². The fraction of sp³-hybridized carbons (Fsp3) is 0.682. The minimum Gasteiger partial charge on any atom is -0.490 e. The van der Waals surface area contributed by atoms with Crippen LogP contribution in [0.15, 0.2) is 18.2 Å². The van der Waals surface area contributed by atoms with Gasteiger partial charge in [-0.2, -0.15) is 0 Å². The number of halogens is 1. The van der Waals surface area contributed by atoms with Gasteiger partial charge in [0.2, 0.25) is 0 Å². The third kappa shape index (κ3) is 10.3. The van der Waals surface area contributed by atoms with E-state index in [-0.39, 0.29) is 24.4 Å². The van der Waals surface area contributed by atoms with E-state index in [1.165, 1.54) is 18.9 Å². The second-order valence-electron chi connectivity index (χ2n) is 7.50. The molecule has 1 aromatic rings. The molecular weight excluding hydrogens is 391 g/mol. The van der Waals surface area contributed by atoms with Gasteiger partial charge in [-0.15, -0.1) is 0 Å². The van der Waals surface area contributed by atoms with Gasteiger partial charge in [-0.3, -0.25) is 9.52 Å². The highest BCUT2D eigenvalue weighted by Crippen LogP contribution is 2.32. The quantitative estimate of drug-likeness (QED) is 0.228. The zero-order valence-electron chi connectivity index (χ0n) is 17.7. The van der Waals surface area contributed by atoms with Crippen molar-refractivity contribution in [2.45, 2.75) is 58.4 Å². The Morgan fingerprint density at radius 1 is 1.31 bits per heavy atom. The van der Waals surface area contributed by atoms with Gasteiger partial charge in [-0.05, 0) is 63.3 Å². The number of unbranched alkanes of at least 4 members (excludes halogenated alkanes) is 2. The molecule has 2 rings (SSSR count). The van der Waals surface area contributed by atoms with Gasteiger partial charge in [-0.1, -0.05) is 37.3 Å². The lowest BCUT2D eigenvalue weighted by Gasteiger charge is -2.15. The number of carbonyl (C=O) groups is 1. The first kappa shape index (κ1) is 24.0. The minimum atomic E-state index is -0.291. The van der Waals surface area contributed by atoms with Gasteiger partial charge in [0.05, 0.1) is 19.8 Å². The molecule has 0 amide bonds. The largest absolute Gasteiger partial charge is 0.490 e. The molecule has 1 aromatic carbocycles. The van der Waals surface area contributed by atoms with Crippen LogP contribution in [0.5, 0.6) is 5.75 Å². The molecule has 1 atom stereocenters. The van der Waals surface area contributed by atoms with E-state index in [9.17, 15) is 9.18 Å². The zero-order chi connectivity index (χ0) is 20.9. The number of hydrogen-bond donors (Lipinski definition) is 2. The van der Waals surface area contributed by atoms with Crippen LogP contribution in [0, 0.1) is 11.7 Å². The van der Waals surface area contributed by atoms with Crippen LogP contribution in [0.2, 0.25) is 0 Å². The van der Waals surface area contributed by atoms with Gasteiger partial charge in [0.25, 0.3) is 0 Å². The molecule has 0 aromatic heterocycles. The van der Waals surface area contributed by atoms with Gasteiger partial charge in [0, 0.05) is 11.8 Å². The van der Waals surface area contributed by atoms with Crippen LogP contribution in [0.1, 0.15) is 64.0 Å². The summed E-state index contributed by atoms with van der Waals surface area (Å²) < 4.78 is 27.9. The van der Waals surface area contributed by atoms with Crippen molar-refractivity contribution >= 4 is 17.9 Å². The summed E-state index contributed by atoms with van der Waals surface area (Å²) in [6.07, 6.45) is 6.84.